The van der Waals surface area contributed by atoms with Crippen molar-refractivity contribution in [3.8, 4) is 5.75 Å². The molecule has 0 radical (unpaired) electrons. The number of anilines is 1. The second kappa shape index (κ2) is 9.97. The van der Waals surface area contributed by atoms with Crippen molar-refractivity contribution in [1.29, 1.82) is 0 Å². The van der Waals surface area contributed by atoms with E-state index in [1.54, 1.807) is 0 Å². The molecule has 1 heterocycles. The average molecular weight is 564 g/mol. The third-order valence-electron chi connectivity index (χ3n) is 4.80. The van der Waals surface area contributed by atoms with Gasteiger partial charge in [-0.15, -0.1) is 0 Å². The quantitative estimate of drug-likeness (QED) is 0.299. The highest BCUT2D eigenvalue weighted by Crippen LogP contribution is 2.36. The third kappa shape index (κ3) is 5.14. The van der Waals surface area contributed by atoms with Crippen LogP contribution in [0, 0.1) is 5.82 Å². The Balaban J connectivity index is 1.60. The summed E-state index contributed by atoms with van der Waals surface area (Å²) in [6.07, 6.45) is 1.24. The Kier molecular flexibility index (Phi) is 7.02. The fourth-order valence-corrected chi connectivity index (χ4v) is 4.09. The van der Waals surface area contributed by atoms with Gasteiger partial charge in [-0.05, 0) is 59.7 Å². The molecule has 1 N–H and O–H groups in total. The topological polar surface area (TPSA) is 75.7 Å². The van der Waals surface area contributed by atoms with E-state index in [9.17, 15) is 18.8 Å². The van der Waals surface area contributed by atoms with Crippen molar-refractivity contribution < 1.29 is 23.5 Å². The Hall–Kier alpha value is -3.20. The van der Waals surface area contributed by atoms with E-state index in [4.69, 9.17) is 27.9 Å². The molecule has 172 valence electrons. The molecule has 4 rings (SSSR count). The maximum absolute atomic E-state index is 13.6. The van der Waals surface area contributed by atoms with E-state index in [0.717, 1.165) is 16.1 Å². The lowest BCUT2D eigenvalue weighted by molar-refractivity contribution is -0.122. The van der Waals surface area contributed by atoms with E-state index < -0.39 is 23.7 Å². The summed E-state index contributed by atoms with van der Waals surface area (Å²) < 4.78 is 20.3. The maximum atomic E-state index is 13.6. The number of halogens is 4. The van der Waals surface area contributed by atoms with E-state index in [-0.39, 0.29) is 33.7 Å². The molecule has 0 unspecified atom stereocenters. The third-order valence-corrected chi connectivity index (χ3v) is 5.89. The number of hydrogen-bond donors (Lipinski definition) is 1. The summed E-state index contributed by atoms with van der Waals surface area (Å²) in [4.78, 5) is 38.2. The summed E-state index contributed by atoms with van der Waals surface area (Å²) in [6.45, 7) is 0.221. The van der Waals surface area contributed by atoms with Gasteiger partial charge in [-0.3, -0.25) is 14.9 Å². The molecule has 1 aliphatic rings. The Labute approximate surface area is 212 Å². The number of nitrogens with one attached hydrogen (secondary N) is 1. The van der Waals surface area contributed by atoms with E-state index >= 15 is 0 Å². The molecular formula is C24H14BrCl2FN2O4. The number of imide groups is 2. The van der Waals surface area contributed by atoms with Gasteiger partial charge < -0.3 is 4.74 Å². The van der Waals surface area contributed by atoms with E-state index in [2.05, 4.69) is 21.2 Å². The van der Waals surface area contributed by atoms with Crippen LogP contribution < -0.4 is 15.0 Å². The van der Waals surface area contributed by atoms with Crippen molar-refractivity contribution in [1.82, 2.24) is 5.32 Å². The van der Waals surface area contributed by atoms with Crippen LogP contribution in [0.3, 0.4) is 0 Å². The van der Waals surface area contributed by atoms with Crippen LogP contribution in [0.15, 0.2) is 70.7 Å². The number of carbonyl (C=O) groups excluding carboxylic acids is 3. The van der Waals surface area contributed by atoms with Gasteiger partial charge in [-0.2, -0.15) is 0 Å². The van der Waals surface area contributed by atoms with Gasteiger partial charge in [0.25, 0.3) is 11.8 Å². The number of benzene rings is 3. The van der Waals surface area contributed by atoms with Crippen LogP contribution in [-0.2, 0) is 16.2 Å². The minimum absolute atomic E-state index is 0.0198. The normalized spacial score (nSPS) is 15.0. The number of amides is 4. The molecule has 1 fully saturated rings. The number of nitrogens with zero attached hydrogens (tertiary/aromatic N) is 1. The predicted molar refractivity (Wildman–Crippen MR) is 130 cm³/mol. The number of urea groups is 1. The lowest BCUT2D eigenvalue weighted by Gasteiger charge is -2.26. The highest BCUT2D eigenvalue weighted by Gasteiger charge is 2.37. The summed E-state index contributed by atoms with van der Waals surface area (Å²) in [7, 11) is 0. The van der Waals surface area contributed by atoms with Gasteiger partial charge >= 0.3 is 6.03 Å². The van der Waals surface area contributed by atoms with E-state index in [1.807, 2.05) is 24.3 Å². The summed E-state index contributed by atoms with van der Waals surface area (Å²) in [5.74, 6) is -2.21. The molecule has 0 atom stereocenters. The van der Waals surface area contributed by atoms with Gasteiger partial charge in [0.2, 0.25) is 0 Å². The van der Waals surface area contributed by atoms with Crippen molar-refractivity contribution in [2.24, 2.45) is 0 Å². The lowest BCUT2D eigenvalue weighted by Crippen LogP contribution is -2.54. The van der Waals surface area contributed by atoms with Crippen molar-refractivity contribution >= 4 is 68.7 Å². The van der Waals surface area contributed by atoms with Crippen molar-refractivity contribution in [2.45, 2.75) is 6.61 Å². The fourth-order valence-electron chi connectivity index (χ4n) is 3.21. The summed E-state index contributed by atoms with van der Waals surface area (Å²) in [6, 6.07) is 14.4. The minimum Gasteiger partial charge on any atom is -0.486 e. The first-order valence-corrected chi connectivity index (χ1v) is 11.3. The van der Waals surface area contributed by atoms with E-state index in [1.165, 1.54) is 36.4 Å². The number of rotatable bonds is 5. The molecule has 0 bridgehead atoms. The van der Waals surface area contributed by atoms with E-state index in [0.29, 0.717) is 10.5 Å². The largest absolute Gasteiger partial charge is 0.486 e. The van der Waals surface area contributed by atoms with Crippen molar-refractivity contribution in [3.63, 3.8) is 0 Å². The second-order valence-corrected chi connectivity index (χ2v) is 8.90. The number of barbiturate groups is 1. The highest BCUT2D eigenvalue weighted by molar-refractivity contribution is 9.10. The summed E-state index contributed by atoms with van der Waals surface area (Å²) in [5.41, 5.74) is 0.860. The molecule has 1 saturated heterocycles. The van der Waals surface area contributed by atoms with Crippen LogP contribution in [0.1, 0.15) is 11.1 Å². The zero-order valence-electron chi connectivity index (χ0n) is 17.2. The van der Waals surface area contributed by atoms with Gasteiger partial charge in [-0.1, -0.05) is 57.3 Å². The molecule has 3 aromatic carbocycles. The van der Waals surface area contributed by atoms with Gasteiger partial charge in [0, 0.05) is 4.47 Å². The molecule has 10 heteroatoms. The zero-order valence-corrected chi connectivity index (χ0v) is 20.2. The molecule has 34 heavy (non-hydrogen) atoms. The standard InChI is InChI=1S/C24H14BrCl2FN2O4/c25-15-6-4-13(5-7-15)12-34-21-19(26)9-14(10-20(21)27)8-18-22(31)29-24(33)30(23(18)32)17-3-1-2-16(28)11-17/h1-11H,12H2,(H,29,31,33)/b18-8+. The molecule has 6 nitrogen and oxygen atoms in total. The minimum atomic E-state index is -0.981. The Bertz CT molecular complexity index is 1320. The maximum Gasteiger partial charge on any atom is 0.335 e. The molecule has 0 spiro atoms. The smallest absolute Gasteiger partial charge is 0.335 e. The molecular weight excluding hydrogens is 550 g/mol. The molecule has 4 amide bonds. The van der Waals surface area contributed by atoms with Crippen LogP contribution in [0.5, 0.6) is 5.75 Å². The number of hydrogen-bond acceptors (Lipinski definition) is 4. The van der Waals surface area contributed by atoms with Crippen LogP contribution in [-0.4, -0.2) is 17.8 Å². The Morgan fingerprint density at radius 3 is 2.32 bits per heavy atom. The van der Waals surface area contributed by atoms with Gasteiger partial charge in [-0.25, -0.2) is 14.1 Å². The number of ether oxygens (including phenoxy) is 1. The molecule has 3 aromatic rings. The van der Waals surface area contributed by atoms with Crippen LogP contribution in [0.4, 0.5) is 14.9 Å². The van der Waals surface area contributed by atoms with Crippen molar-refractivity contribution in [2.75, 3.05) is 4.90 Å². The van der Waals surface area contributed by atoms with Gasteiger partial charge in [0.1, 0.15) is 18.0 Å². The lowest BCUT2D eigenvalue weighted by atomic mass is 10.1. The molecule has 1 aliphatic heterocycles. The monoisotopic (exact) mass is 562 g/mol. The average Bonchev–Trinajstić information content (AvgIpc) is 2.77. The fraction of sp³-hybridized carbons (Fsp3) is 0.0417. The van der Waals surface area contributed by atoms with Crippen molar-refractivity contribution in [3.05, 3.63) is 97.7 Å². The molecule has 0 saturated carbocycles. The van der Waals surface area contributed by atoms with Gasteiger partial charge in [0.15, 0.2) is 5.75 Å². The molecule has 0 aromatic heterocycles. The van der Waals surface area contributed by atoms with Crippen LogP contribution in [0.25, 0.3) is 6.08 Å². The van der Waals surface area contributed by atoms with Crippen LogP contribution >= 0.6 is 39.1 Å². The first kappa shape index (κ1) is 23.9. The number of carbonyl (C=O) groups is 3. The second-order valence-electron chi connectivity index (χ2n) is 7.17. The first-order valence-electron chi connectivity index (χ1n) is 9.76. The Morgan fingerprint density at radius 1 is 1.00 bits per heavy atom. The summed E-state index contributed by atoms with van der Waals surface area (Å²) >= 11 is 16.1. The summed E-state index contributed by atoms with van der Waals surface area (Å²) in [5, 5.41) is 2.40. The first-order chi connectivity index (χ1) is 16.2. The SMILES string of the molecule is O=C1NC(=O)N(c2cccc(F)c2)C(=O)/C1=C/c1cc(Cl)c(OCc2ccc(Br)cc2)c(Cl)c1. The zero-order chi connectivity index (χ0) is 24.4. The van der Waals surface area contributed by atoms with Gasteiger partial charge in [0.05, 0.1) is 15.7 Å². The van der Waals surface area contributed by atoms with Crippen LogP contribution in [0.2, 0.25) is 10.0 Å². The molecule has 0 aliphatic carbocycles. The highest BCUT2D eigenvalue weighted by atomic mass is 79.9. The predicted octanol–water partition coefficient (Wildman–Crippen LogP) is 6.14. The Morgan fingerprint density at radius 2 is 1.68 bits per heavy atom.